The zero-order chi connectivity index (χ0) is 12.7. The molecular formula is C13H10N6. The monoisotopic (exact) mass is 250 g/mol. The van der Waals surface area contributed by atoms with Crippen LogP contribution >= 0.6 is 0 Å². The number of hydrogen-bond donors (Lipinski definition) is 2. The second-order valence-corrected chi connectivity index (χ2v) is 4.32. The lowest BCUT2D eigenvalue weighted by atomic mass is 10.2. The molecule has 19 heavy (non-hydrogen) atoms. The van der Waals surface area contributed by atoms with Crippen LogP contribution in [0.5, 0.6) is 0 Å². The third kappa shape index (κ3) is 1.65. The van der Waals surface area contributed by atoms with E-state index in [9.17, 15) is 0 Å². The highest BCUT2D eigenvalue weighted by Crippen LogP contribution is 2.23. The van der Waals surface area contributed by atoms with Gasteiger partial charge in [0.2, 0.25) is 0 Å². The highest BCUT2D eigenvalue weighted by Gasteiger charge is 2.10. The number of aromatic amines is 1. The molecular weight excluding hydrogens is 240 g/mol. The van der Waals surface area contributed by atoms with Crippen LogP contribution in [0.15, 0.2) is 35.8 Å². The zero-order valence-electron chi connectivity index (χ0n) is 9.96. The highest BCUT2D eigenvalue weighted by molar-refractivity contribution is 5.90. The molecule has 0 saturated heterocycles. The van der Waals surface area contributed by atoms with Crippen LogP contribution in [0, 0.1) is 0 Å². The minimum atomic E-state index is 0.672. The van der Waals surface area contributed by atoms with Gasteiger partial charge in [-0.2, -0.15) is 0 Å². The Morgan fingerprint density at radius 3 is 3.21 bits per heavy atom. The molecule has 0 bridgehead atoms. The number of anilines is 2. The van der Waals surface area contributed by atoms with E-state index in [2.05, 4.69) is 30.2 Å². The maximum absolute atomic E-state index is 4.38. The topological polar surface area (TPSA) is 78.8 Å². The van der Waals surface area contributed by atoms with Crippen molar-refractivity contribution in [3.8, 4) is 0 Å². The largest absolute Gasteiger partial charge is 0.346 e. The summed E-state index contributed by atoms with van der Waals surface area (Å²) in [5.41, 5.74) is 3.78. The lowest BCUT2D eigenvalue weighted by Gasteiger charge is -2.07. The molecule has 92 valence electrons. The number of rotatable bonds is 2. The van der Waals surface area contributed by atoms with Gasteiger partial charge in [0.15, 0.2) is 0 Å². The molecule has 0 aromatic carbocycles. The predicted molar refractivity (Wildman–Crippen MR) is 72.7 cm³/mol. The number of nitrogens with one attached hydrogen (secondary N) is 2. The third-order valence-electron chi connectivity index (χ3n) is 3.09. The summed E-state index contributed by atoms with van der Waals surface area (Å²) in [6, 6.07) is 3.97. The Bertz CT molecular complexity index is 789. The number of aliphatic imine (C=N–C) groups is 1. The van der Waals surface area contributed by atoms with E-state index >= 15 is 0 Å². The summed E-state index contributed by atoms with van der Waals surface area (Å²) in [6.45, 7) is 0.672. The van der Waals surface area contributed by atoms with Crippen molar-refractivity contribution in [1.82, 2.24) is 19.9 Å². The quantitative estimate of drug-likeness (QED) is 0.729. The third-order valence-corrected chi connectivity index (χ3v) is 3.09. The number of fused-ring (bicyclic) bond motifs is 2. The summed E-state index contributed by atoms with van der Waals surface area (Å²) in [5.74, 6) is 0.767. The fraction of sp³-hybridized carbons (Fsp3) is 0.0769. The van der Waals surface area contributed by atoms with Gasteiger partial charge in [0.25, 0.3) is 0 Å². The molecule has 0 saturated carbocycles. The van der Waals surface area contributed by atoms with E-state index in [1.807, 2.05) is 24.5 Å². The van der Waals surface area contributed by atoms with Gasteiger partial charge in [0, 0.05) is 18.0 Å². The van der Waals surface area contributed by atoms with E-state index in [1.165, 1.54) is 6.33 Å². The molecule has 1 aliphatic heterocycles. The summed E-state index contributed by atoms with van der Waals surface area (Å²) >= 11 is 0. The van der Waals surface area contributed by atoms with Crippen LogP contribution in [0.25, 0.3) is 11.0 Å². The zero-order valence-corrected chi connectivity index (χ0v) is 9.96. The van der Waals surface area contributed by atoms with Crippen LogP contribution in [0.4, 0.5) is 11.5 Å². The van der Waals surface area contributed by atoms with Gasteiger partial charge in [0.1, 0.15) is 17.8 Å². The fourth-order valence-electron chi connectivity index (χ4n) is 2.16. The van der Waals surface area contributed by atoms with Crippen molar-refractivity contribution < 1.29 is 0 Å². The first-order valence-electron chi connectivity index (χ1n) is 5.94. The van der Waals surface area contributed by atoms with Crippen molar-refractivity contribution >= 4 is 28.8 Å². The Labute approximate surface area is 108 Å². The van der Waals surface area contributed by atoms with E-state index in [4.69, 9.17) is 0 Å². The number of nitrogens with zero attached hydrogens (tertiary/aromatic N) is 4. The van der Waals surface area contributed by atoms with Crippen molar-refractivity contribution in [3.05, 3.63) is 42.1 Å². The van der Waals surface area contributed by atoms with E-state index < -0.39 is 0 Å². The minimum absolute atomic E-state index is 0.672. The Hall–Kier alpha value is -2.76. The van der Waals surface area contributed by atoms with Crippen molar-refractivity contribution in [2.75, 3.05) is 5.32 Å². The highest BCUT2D eigenvalue weighted by atomic mass is 15.0. The summed E-state index contributed by atoms with van der Waals surface area (Å²) in [4.78, 5) is 20.1. The molecule has 0 aliphatic carbocycles. The van der Waals surface area contributed by atoms with Gasteiger partial charge in [-0.05, 0) is 12.1 Å². The second kappa shape index (κ2) is 3.88. The standard InChI is InChI=1S/C13H10N6/c1-2-15-12-10(1)13(18-7-17-12)19-9-3-8-4-14-6-11(8)16-5-9/h1-5,7H,6H2,(H2,15,17,18,19). The lowest BCUT2D eigenvalue weighted by Crippen LogP contribution is -1.98. The van der Waals surface area contributed by atoms with Gasteiger partial charge in [-0.3, -0.25) is 9.98 Å². The molecule has 1 aliphatic rings. The van der Waals surface area contributed by atoms with Crippen LogP contribution in [-0.2, 0) is 6.54 Å². The molecule has 2 N–H and O–H groups in total. The van der Waals surface area contributed by atoms with Gasteiger partial charge < -0.3 is 10.3 Å². The van der Waals surface area contributed by atoms with Gasteiger partial charge in [-0.25, -0.2) is 9.97 Å². The average molecular weight is 250 g/mol. The van der Waals surface area contributed by atoms with E-state index in [0.29, 0.717) is 6.54 Å². The molecule has 0 unspecified atom stereocenters. The Morgan fingerprint density at radius 2 is 2.21 bits per heavy atom. The molecule has 0 amide bonds. The van der Waals surface area contributed by atoms with Gasteiger partial charge in [0.05, 0.1) is 29.5 Å². The first kappa shape index (κ1) is 10.2. The maximum Gasteiger partial charge on any atom is 0.143 e. The van der Waals surface area contributed by atoms with Crippen molar-refractivity contribution in [2.24, 2.45) is 4.99 Å². The van der Waals surface area contributed by atoms with Crippen molar-refractivity contribution in [2.45, 2.75) is 6.54 Å². The van der Waals surface area contributed by atoms with Crippen LogP contribution in [0.1, 0.15) is 11.3 Å². The number of aromatic nitrogens is 4. The van der Waals surface area contributed by atoms with E-state index in [1.54, 1.807) is 6.20 Å². The first-order chi connectivity index (χ1) is 9.40. The average Bonchev–Trinajstić information content (AvgIpc) is 3.06. The van der Waals surface area contributed by atoms with Crippen LogP contribution in [-0.4, -0.2) is 26.2 Å². The Balaban J connectivity index is 1.75. The molecule has 0 atom stereocenters. The second-order valence-electron chi connectivity index (χ2n) is 4.32. The summed E-state index contributed by atoms with van der Waals surface area (Å²) in [7, 11) is 0. The molecule has 0 spiro atoms. The van der Waals surface area contributed by atoms with Crippen molar-refractivity contribution in [3.63, 3.8) is 0 Å². The van der Waals surface area contributed by atoms with Crippen LogP contribution in [0.3, 0.4) is 0 Å². The first-order valence-corrected chi connectivity index (χ1v) is 5.94. The predicted octanol–water partition coefficient (Wildman–Crippen LogP) is 2.03. The van der Waals surface area contributed by atoms with Gasteiger partial charge >= 0.3 is 0 Å². The SMILES string of the molecule is C1=NCc2ncc(Nc3ncnc4[nH]ccc34)cc21. The van der Waals surface area contributed by atoms with Gasteiger partial charge in [-0.1, -0.05) is 0 Å². The molecule has 4 heterocycles. The number of hydrogen-bond acceptors (Lipinski definition) is 5. The van der Waals surface area contributed by atoms with E-state index in [0.717, 1.165) is 33.8 Å². The maximum atomic E-state index is 4.38. The molecule has 4 rings (SSSR count). The Kier molecular flexibility index (Phi) is 2.08. The van der Waals surface area contributed by atoms with Gasteiger partial charge in [-0.15, -0.1) is 0 Å². The smallest absolute Gasteiger partial charge is 0.143 e. The fourth-order valence-corrected chi connectivity index (χ4v) is 2.16. The number of H-pyrrole nitrogens is 1. The molecule has 3 aromatic rings. The normalized spacial score (nSPS) is 12.8. The summed E-state index contributed by atoms with van der Waals surface area (Å²) in [5, 5.41) is 4.22. The van der Waals surface area contributed by atoms with E-state index in [-0.39, 0.29) is 0 Å². The lowest BCUT2D eigenvalue weighted by molar-refractivity contribution is 1.02. The summed E-state index contributed by atoms with van der Waals surface area (Å²) < 4.78 is 0. The molecule has 0 fully saturated rings. The molecule has 6 nitrogen and oxygen atoms in total. The van der Waals surface area contributed by atoms with Crippen LogP contribution in [0.2, 0.25) is 0 Å². The number of pyridine rings is 1. The molecule has 0 radical (unpaired) electrons. The minimum Gasteiger partial charge on any atom is -0.346 e. The summed E-state index contributed by atoms with van der Waals surface area (Å²) in [6.07, 6.45) is 7.02. The molecule has 3 aromatic heterocycles. The Morgan fingerprint density at radius 1 is 1.21 bits per heavy atom. The van der Waals surface area contributed by atoms with Crippen molar-refractivity contribution in [1.29, 1.82) is 0 Å². The van der Waals surface area contributed by atoms with Crippen LogP contribution < -0.4 is 5.32 Å². The molecule has 6 heteroatoms.